The fourth-order valence-electron chi connectivity index (χ4n) is 3.46. The van der Waals surface area contributed by atoms with E-state index in [1.807, 2.05) is 37.3 Å². The fraction of sp³-hybridized carbons (Fsp3) is 0.174. The van der Waals surface area contributed by atoms with Gasteiger partial charge < -0.3 is 9.64 Å². The number of fused-ring (bicyclic) bond motifs is 1. The molecule has 0 bridgehead atoms. The maximum atomic E-state index is 12.6. The maximum Gasteiger partial charge on any atom is 0.264 e. The number of ether oxygens (including phenoxy) is 1. The Labute approximate surface area is 190 Å². The highest BCUT2D eigenvalue weighted by Gasteiger charge is 2.25. The summed E-state index contributed by atoms with van der Waals surface area (Å²) in [4.78, 5) is 14.4. The van der Waals surface area contributed by atoms with Gasteiger partial charge in [-0.15, -0.1) is 0 Å². The van der Waals surface area contributed by atoms with Gasteiger partial charge in [-0.2, -0.15) is 0 Å². The summed E-state index contributed by atoms with van der Waals surface area (Å²) in [6.45, 7) is 2.34. The zero-order valence-corrected chi connectivity index (χ0v) is 19.2. The predicted octanol–water partition coefficient (Wildman–Crippen LogP) is 4.53. The molecule has 0 saturated heterocycles. The number of carbonyl (C=O) groups excluding carboxylic acids is 1. The van der Waals surface area contributed by atoms with Gasteiger partial charge in [0.15, 0.2) is 6.61 Å². The number of rotatable bonds is 6. The lowest BCUT2D eigenvalue weighted by molar-refractivity contribution is -0.120. The van der Waals surface area contributed by atoms with E-state index in [2.05, 4.69) is 20.7 Å². The molecule has 3 aromatic carbocycles. The smallest absolute Gasteiger partial charge is 0.264 e. The van der Waals surface area contributed by atoms with Crippen LogP contribution in [-0.4, -0.2) is 27.5 Å². The molecule has 0 aromatic heterocycles. The molecule has 1 amide bonds. The number of halogens is 1. The van der Waals surface area contributed by atoms with E-state index in [1.54, 1.807) is 29.2 Å². The highest BCUT2D eigenvalue weighted by Crippen LogP contribution is 2.30. The summed E-state index contributed by atoms with van der Waals surface area (Å²) >= 11 is 3.45. The Morgan fingerprint density at radius 2 is 1.84 bits per heavy atom. The summed E-state index contributed by atoms with van der Waals surface area (Å²) in [6, 6.07) is 19.1. The lowest BCUT2D eigenvalue weighted by Gasteiger charge is -2.18. The first kappa shape index (κ1) is 21.4. The Hall–Kier alpha value is -2.84. The minimum absolute atomic E-state index is 0.119. The van der Waals surface area contributed by atoms with Gasteiger partial charge in [-0.1, -0.05) is 34.1 Å². The first-order valence-corrected chi connectivity index (χ1v) is 12.0. The second-order valence-electron chi connectivity index (χ2n) is 7.25. The van der Waals surface area contributed by atoms with Crippen molar-refractivity contribution in [3.05, 3.63) is 82.3 Å². The zero-order valence-electron chi connectivity index (χ0n) is 16.8. The second-order valence-corrected chi connectivity index (χ2v) is 9.85. The molecule has 1 N–H and O–H groups in total. The number of aryl methyl sites for hydroxylation is 1. The van der Waals surface area contributed by atoms with Crippen LogP contribution in [0.25, 0.3) is 0 Å². The minimum Gasteiger partial charge on any atom is -0.484 e. The summed E-state index contributed by atoms with van der Waals surface area (Å²) in [5.74, 6) is 0.289. The molecule has 1 heterocycles. The van der Waals surface area contributed by atoms with E-state index in [0.717, 1.165) is 27.7 Å². The maximum absolute atomic E-state index is 12.6. The molecule has 31 heavy (non-hydrogen) atoms. The predicted molar refractivity (Wildman–Crippen MR) is 124 cm³/mol. The molecule has 1 aliphatic rings. The number of nitrogens with zero attached hydrogens (tertiary/aromatic N) is 1. The zero-order chi connectivity index (χ0) is 22.0. The summed E-state index contributed by atoms with van der Waals surface area (Å²) in [5.41, 5.74) is 3.39. The third-order valence-electron chi connectivity index (χ3n) is 5.12. The Balaban J connectivity index is 1.39. The fourth-order valence-corrected chi connectivity index (χ4v) is 5.00. The van der Waals surface area contributed by atoms with Crippen molar-refractivity contribution in [3.63, 3.8) is 0 Å². The summed E-state index contributed by atoms with van der Waals surface area (Å²) in [5, 5.41) is 0. The van der Waals surface area contributed by atoms with E-state index in [0.29, 0.717) is 18.0 Å². The van der Waals surface area contributed by atoms with Crippen LogP contribution in [0.3, 0.4) is 0 Å². The molecule has 8 heteroatoms. The molecule has 0 atom stereocenters. The molecule has 3 aromatic rings. The van der Waals surface area contributed by atoms with Crippen molar-refractivity contribution in [2.75, 3.05) is 22.8 Å². The number of sulfonamides is 1. The largest absolute Gasteiger partial charge is 0.484 e. The van der Waals surface area contributed by atoms with Crippen LogP contribution in [0.15, 0.2) is 76.1 Å². The van der Waals surface area contributed by atoms with Gasteiger partial charge in [-0.05, 0) is 73.0 Å². The molecule has 0 saturated carbocycles. The Morgan fingerprint density at radius 3 is 2.58 bits per heavy atom. The van der Waals surface area contributed by atoms with Crippen LogP contribution < -0.4 is 14.4 Å². The van der Waals surface area contributed by atoms with Gasteiger partial charge in [-0.3, -0.25) is 9.52 Å². The van der Waals surface area contributed by atoms with Gasteiger partial charge in [-0.25, -0.2) is 8.42 Å². The van der Waals surface area contributed by atoms with E-state index in [-0.39, 0.29) is 17.4 Å². The van der Waals surface area contributed by atoms with Gasteiger partial charge in [0.2, 0.25) is 0 Å². The molecule has 4 rings (SSSR count). The normalized spacial score (nSPS) is 13.0. The first-order valence-electron chi connectivity index (χ1n) is 9.73. The Bertz CT molecular complexity index is 1230. The van der Waals surface area contributed by atoms with Crippen molar-refractivity contribution in [2.45, 2.75) is 18.2 Å². The number of anilines is 2. The van der Waals surface area contributed by atoms with Crippen LogP contribution in [0, 0.1) is 6.92 Å². The highest BCUT2D eigenvalue weighted by molar-refractivity contribution is 9.10. The molecule has 0 radical (unpaired) electrons. The Kier molecular flexibility index (Phi) is 6.02. The molecule has 1 aliphatic heterocycles. The lowest BCUT2D eigenvalue weighted by atomic mass is 10.2. The second kappa shape index (κ2) is 8.72. The average molecular weight is 501 g/mol. The van der Waals surface area contributed by atoms with E-state index >= 15 is 0 Å². The lowest BCUT2D eigenvalue weighted by Crippen LogP contribution is -2.33. The number of carbonyl (C=O) groups is 1. The third kappa shape index (κ3) is 4.75. The van der Waals surface area contributed by atoms with E-state index in [9.17, 15) is 13.2 Å². The van der Waals surface area contributed by atoms with Crippen LogP contribution in [0.4, 0.5) is 11.4 Å². The van der Waals surface area contributed by atoms with Crippen molar-refractivity contribution >= 4 is 43.2 Å². The number of hydrogen-bond acceptors (Lipinski definition) is 4. The molecule has 0 aliphatic carbocycles. The van der Waals surface area contributed by atoms with Crippen molar-refractivity contribution in [1.29, 1.82) is 0 Å². The highest BCUT2D eigenvalue weighted by atomic mass is 79.9. The summed E-state index contributed by atoms with van der Waals surface area (Å²) < 4.78 is 34.4. The van der Waals surface area contributed by atoms with E-state index < -0.39 is 10.0 Å². The van der Waals surface area contributed by atoms with Crippen LogP contribution in [0.5, 0.6) is 5.75 Å². The summed E-state index contributed by atoms with van der Waals surface area (Å²) in [7, 11) is -3.72. The number of para-hydroxylation sites is 1. The topological polar surface area (TPSA) is 75.7 Å². The molecule has 160 valence electrons. The van der Waals surface area contributed by atoms with Gasteiger partial charge in [0.05, 0.1) is 10.6 Å². The van der Waals surface area contributed by atoms with Crippen molar-refractivity contribution in [1.82, 2.24) is 0 Å². The van der Waals surface area contributed by atoms with Crippen molar-refractivity contribution < 1.29 is 17.9 Å². The quantitative estimate of drug-likeness (QED) is 0.539. The van der Waals surface area contributed by atoms with Gasteiger partial charge in [0.25, 0.3) is 15.9 Å². The van der Waals surface area contributed by atoms with Gasteiger partial charge in [0, 0.05) is 16.7 Å². The van der Waals surface area contributed by atoms with Crippen LogP contribution in [-0.2, 0) is 21.2 Å². The first-order chi connectivity index (χ1) is 14.8. The molecular formula is C23H21BrN2O4S. The monoisotopic (exact) mass is 500 g/mol. The molecule has 6 nitrogen and oxygen atoms in total. The molecule has 0 fully saturated rings. The number of amides is 1. The van der Waals surface area contributed by atoms with Gasteiger partial charge in [0.1, 0.15) is 5.75 Å². The Morgan fingerprint density at radius 1 is 1.10 bits per heavy atom. The van der Waals surface area contributed by atoms with Gasteiger partial charge >= 0.3 is 0 Å². The number of hydrogen-bond donors (Lipinski definition) is 1. The molecule has 0 spiro atoms. The third-order valence-corrected chi connectivity index (χ3v) is 7.00. The van der Waals surface area contributed by atoms with Crippen LogP contribution in [0.2, 0.25) is 0 Å². The SMILES string of the molecule is Cc1ccccc1NS(=O)(=O)c1ccc(OCC(=O)N2CCc3cc(Br)ccc32)cc1. The van der Waals surface area contributed by atoms with Crippen molar-refractivity contribution in [2.24, 2.45) is 0 Å². The number of benzene rings is 3. The average Bonchev–Trinajstić information content (AvgIpc) is 3.17. The van der Waals surface area contributed by atoms with E-state index in [4.69, 9.17) is 4.74 Å². The molecular weight excluding hydrogens is 480 g/mol. The van der Waals surface area contributed by atoms with Crippen LogP contribution >= 0.6 is 15.9 Å². The molecule has 0 unspecified atom stereocenters. The standard InChI is InChI=1S/C23H21BrN2O4S/c1-16-4-2-3-5-21(16)25-31(28,29)20-9-7-19(8-10-20)30-15-23(27)26-13-12-17-14-18(24)6-11-22(17)26/h2-11,14,25H,12-13,15H2,1H3. The van der Waals surface area contributed by atoms with Crippen molar-refractivity contribution in [3.8, 4) is 5.75 Å². The minimum atomic E-state index is -3.72. The number of nitrogens with one attached hydrogen (secondary N) is 1. The van der Waals surface area contributed by atoms with E-state index in [1.165, 1.54) is 12.1 Å². The van der Waals surface area contributed by atoms with Crippen LogP contribution in [0.1, 0.15) is 11.1 Å². The summed E-state index contributed by atoms with van der Waals surface area (Å²) in [6.07, 6.45) is 0.807.